The molecule has 0 bridgehead atoms. The van der Waals surface area contributed by atoms with Gasteiger partial charge in [0.2, 0.25) is 5.91 Å². The third kappa shape index (κ3) is 44.3. The minimum absolute atomic E-state index is 0.0884. The first kappa shape index (κ1) is 54.3. The second kappa shape index (κ2) is 47.7. The smallest absolute Gasteiger partial charge is 0.220 e. The molecule has 0 aliphatic heterocycles. The maximum Gasteiger partial charge on any atom is 0.220 e. The zero-order valence-electron chi connectivity index (χ0n) is 37.3. The van der Waals surface area contributed by atoms with E-state index in [0.717, 1.165) is 77.0 Å². The summed E-state index contributed by atoms with van der Waals surface area (Å²) in [6, 6.07) is -0.655. The number of unbranched alkanes of at least 4 members (excludes halogenated alkanes) is 21. The molecule has 57 heavy (non-hydrogen) atoms. The predicted molar refractivity (Wildman–Crippen MR) is 253 cm³/mol. The first-order valence-electron chi connectivity index (χ1n) is 24.0. The molecule has 0 aliphatic carbocycles. The van der Waals surface area contributed by atoms with Crippen molar-refractivity contribution < 1.29 is 15.0 Å². The van der Waals surface area contributed by atoms with E-state index in [1.807, 2.05) is 6.08 Å². The molecule has 2 unspecified atom stereocenters. The number of allylic oxidation sites excluding steroid dienone is 15. The predicted octanol–water partition coefficient (Wildman–Crippen LogP) is 15.4. The lowest BCUT2D eigenvalue weighted by molar-refractivity contribution is -0.123. The van der Waals surface area contributed by atoms with Crippen LogP contribution in [0.4, 0.5) is 0 Å². The summed E-state index contributed by atoms with van der Waals surface area (Å²) in [6.45, 7) is 4.17. The van der Waals surface area contributed by atoms with Crippen molar-refractivity contribution in [2.75, 3.05) is 6.61 Å². The quantitative estimate of drug-likeness (QED) is 0.0426. The third-order valence-electron chi connectivity index (χ3n) is 10.3. The fourth-order valence-corrected chi connectivity index (χ4v) is 6.65. The fraction of sp³-hybridized carbons (Fsp3) is 0.679. The molecule has 0 aromatic heterocycles. The number of rotatable bonds is 42. The van der Waals surface area contributed by atoms with Gasteiger partial charge in [0.15, 0.2) is 0 Å². The molecule has 3 N–H and O–H groups in total. The van der Waals surface area contributed by atoms with Crippen molar-refractivity contribution >= 4 is 5.91 Å². The molecule has 4 nitrogen and oxygen atoms in total. The Morgan fingerprint density at radius 3 is 1.23 bits per heavy atom. The van der Waals surface area contributed by atoms with Crippen molar-refractivity contribution in [1.82, 2.24) is 5.32 Å². The largest absolute Gasteiger partial charge is 0.394 e. The SMILES string of the molecule is CC/C=C\C/C=C\C/C=C\C/C=C\C/C=C\CCCCCCCCCCCC(=O)NC(CO)C(O)/C=C/CC/C=C/CC/C=C/CCCCCCCCCCCC. The Bertz CT molecular complexity index is 1080. The number of aliphatic hydroxyl groups is 2. The van der Waals surface area contributed by atoms with Gasteiger partial charge in [-0.15, -0.1) is 0 Å². The lowest BCUT2D eigenvalue weighted by Gasteiger charge is -2.19. The molecule has 0 aromatic carbocycles. The van der Waals surface area contributed by atoms with Crippen molar-refractivity contribution in [3.63, 3.8) is 0 Å². The lowest BCUT2D eigenvalue weighted by Crippen LogP contribution is -2.45. The maximum atomic E-state index is 12.4. The van der Waals surface area contributed by atoms with Crippen LogP contribution in [0.15, 0.2) is 97.2 Å². The number of hydrogen-bond acceptors (Lipinski definition) is 3. The van der Waals surface area contributed by atoms with E-state index in [1.165, 1.54) is 116 Å². The summed E-state index contributed by atoms with van der Waals surface area (Å²) in [5.74, 6) is -0.0884. The summed E-state index contributed by atoms with van der Waals surface area (Å²) < 4.78 is 0. The van der Waals surface area contributed by atoms with Gasteiger partial charge >= 0.3 is 0 Å². The van der Waals surface area contributed by atoms with Crippen LogP contribution < -0.4 is 5.32 Å². The van der Waals surface area contributed by atoms with Crippen LogP contribution in [-0.4, -0.2) is 34.9 Å². The lowest BCUT2D eigenvalue weighted by atomic mass is 10.1. The van der Waals surface area contributed by atoms with E-state index in [1.54, 1.807) is 6.08 Å². The molecule has 0 heterocycles. The second-order valence-electron chi connectivity index (χ2n) is 15.8. The van der Waals surface area contributed by atoms with Crippen LogP contribution in [0.1, 0.15) is 213 Å². The van der Waals surface area contributed by atoms with Crippen LogP contribution in [0, 0.1) is 0 Å². The molecule has 1 amide bonds. The van der Waals surface area contributed by atoms with Gasteiger partial charge in [-0.1, -0.05) is 214 Å². The highest BCUT2D eigenvalue weighted by Crippen LogP contribution is 2.13. The van der Waals surface area contributed by atoms with Crippen LogP contribution in [0.5, 0.6) is 0 Å². The zero-order chi connectivity index (χ0) is 41.4. The molecular weight excluding hydrogens is 699 g/mol. The number of carbonyl (C=O) groups is 1. The number of aliphatic hydroxyl groups excluding tert-OH is 2. The summed E-state index contributed by atoms with van der Waals surface area (Å²) in [5, 5.41) is 23.0. The Labute approximate surface area is 353 Å². The molecule has 326 valence electrons. The van der Waals surface area contributed by atoms with Gasteiger partial charge in [0.1, 0.15) is 0 Å². The molecule has 0 radical (unpaired) electrons. The number of carbonyl (C=O) groups excluding carboxylic acids is 1. The van der Waals surface area contributed by atoms with Crippen LogP contribution >= 0.6 is 0 Å². The average molecular weight is 790 g/mol. The minimum atomic E-state index is -0.879. The highest BCUT2D eigenvalue weighted by molar-refractivity contribution is 5.76. The van der Waals surface area contributed by atoms with Gasteiger partial charge < -0.3 is 15.5 Å². The molecule has 0 aromatic rings. The Morgan fingerprint density at radius 1 is 0.439 bits per heavy atom. The maximum absolute atomic E-state index is 12.4. The Kier molecular flexibility index (Phi) is 45.4. The Balaban J connectivity index is 3.67. The van der Waals surface area contributed by atoms with E-state index < -0.39 is 12.1 Å². The molecule has 0 fully saturated rings. The second-order valence-corrected chi connectivity index (χ2v) is 15.8. The summed E-state index contributed by atoms with van der Waals surface area (Å²) in [4.78, 5) is 12.4. The number of nitrogens with one attached hydrogen (secondary N) is 1. The fourth-order valence-electron chi connectivity index (χ4n) is 6.65. The van der Waals surface area contributed by atoms with Crippen LogP contribution in [0.2, 0.25) is 0 Å². The monoisotopic (exact) mass is 790 g/mol. The third-order valence-corrected chi connectivity index (χ3v) is 10.3. The van der Waals surface area contributed by atoms with Crippen molar-refractivity contribution in [2.45, 2.75) is 225 Å². The normalized spacial score (nSPS) is 13.8. The number of amides is 1. The minimum Gasteiger partial charge on any atom is -0.394 e. The zero-order valence-corrected chi connectivity index (χ0v) is 37.3. The highest BCUT2D eigenvalue weighted by Gasteiger charge is 2.17. The van der Waals surface area contributed by atoms with Crippen molar-refractivity contribution in [2.24, 2.45) is 0 Å². The molecule has 2 atom stereocenters. The van der Waals surface area contributed by atoms with E-state index in [2.05, 4.69) is 104 Å². The molecule has 0 aliphatic rings. The summed E-state index contributed by atoms with van der Waals surface area (Å²) in [6.07, 6.45) is 70.9. The van der Waals surface area contributed by atoms with E-state index in [0.29, 0.717) is 6.42 Å². The summed E-state index contributed by atoms with van der Waals surface area (Å²) in [5.41, 5.74) is 0. The summed E-state index contributed by atoms with van der Waals surface area (Å²) >= 11 is 0. The van der Waals surface area contributed by atoms with E-state index >= 15 is 0 Å². The Morgan fingerprint density at radius 2 is 0.789 bits per heavy atom. The average Bonchev–Trinajstić information content (AvgIpc) is 3.22. The van der Waals surface area contributed by atoms with Crippen molar-refractivity contribution in [3.05, 3.63) is 97.2 Å². The molecule has 0 saturated heterocycles. The standard InChI is InChI=1S/C53H91NO3/c1-3-5-7-9-11-13-15-17-19-21-23-25-26-27-28-29-31-33-35-37-39-41-43-45-47-49-53(57)54-51(50-55)52(56)48-46-44-42-40-38-36-34-32-30-24-22-20-18-16-14-12-10-8-6-4-2/h5,7,11,13,17,19,23,25,27-28,30,32,38,40,46,48,51-52,55-56H,3-4,6,8-10,12,14-16,18,20-22,24,26,29,31,33-37,39,41-45,47,49-50H2,1-2H3,(H,54,57)/b7-5-,13-11-,19-17-,25-23-,28-27-,32-30+,40-38+,48-46+. The molecular formula is C53H91NO3. The summed E-state index contributed by atoms with van der Waals surface area (Å²) in [7, 11) is 0. The van der Waals surface area contributed by atoms with Crippen LogP contribution in [-0.2, 0) is 4.79 Å². The first-order chi connectivity index (χ1) is 28.2. The van der Waals surface area contributed by atoms with E-state index in [4.69, 9.17) is 0 Å². The van der Waals surface area contributed by atoms with Gasteiger partial charge in [-0.25, -0.2) is 0 Å². The Hall–Kier alpha value is -2.69. The molecule has 4 heteroatoms. The topological polar surface area (TPSA) is 69.6 Å². The van der Waals surface area contributed by atoms with E-state index in [9.17, 15) is 15.0 Å². The van der Waals surface area contributed by atoms with Gasteiger partial charge in [0.05, 0.1) is 18.8 Å². The first-order valence-corrected chi connectivity index (χ1v) is 24.0. The molecule has 0 saturated carbocycles. The van der Waals surface area contributed by atoms with Crippen LogP contribution in [0.3, 0.4) is 0 Å². The molecule has 0 rings (SSSR count). The van der Waals surface area contributed by atoms with Crippen molar-refractivity contribution in [3.8, 4) is 0 Å². The van der Waals surface area contributed by atoms with Gasteiger partial charge in [-0.05, 0) is 89.9 Å². The number of hydrogen-bond donors (Lipinski definition) is 3. The van der Waals surface area contributed by atoms with Crippen molar-refractivity contribution in [1.29, 1.82) is 0 Å². The van der Waals surface area contributed by atoms with Gasteiger partial charge in [-0.2, -0.15) is 0 Å². The van der Waals surface area contributed by atoms with Crippen LogP contribution in [0.25, 0.3) is 0 Å². The molecule has 0 spiro atoms. The van der Waals surface area contributed by atoms with Gasteiger partial charge in [0.25, 0.3) is 0 Å². The van der Waals surface area contributed by atoms with Gasteiger partial charge in [0, 0.05) is 6.42 Å². The van der Waals surface area contributed by atoms with E-state index in [-0.39, 0.29) is 12.5 Å². The highest BCUT2D eigenvalue weighted by atomic mass is 16.3. The van der Waals surface area contributed by atoms with Gasteiger partial charge in [-0.3, -0.25) is 4.79 Å².